The number of anilines is 1. The van der Waals surface area contributed by atoms with Crippen molar-refractivity contribution in [1.82, 2.24) is 9.97 Å². The minimum atomic E-state index is -0.606. The number of hydrogen-bond donors (Lipinski definition) is 2. The Kier molecular flexibility index (Phi) is 6.76. The summed E-state index contributed by atoms with van der Waals surface area (Å²) in [5.74, 6) is 1.59. The number of hydrogen-bond acceptors (Lipinski definition) is 5. The molecule has 0 amide bonds. The van der Waals surface area contributed by atoms with E-state index in [9.17, 15) is 5.11 Å². The summed E-state index contributed by atoms with van der Waals surface area (Å²) in [4.78, 5) is 8.97. The highest BCUT2D eigenvalue weighted by Gasteiger charge is 2.13. The van der Waals surface area contributed by atoms with Gasteiger partial charge >= 0.3 is 0 Å². The lowest BCUT2D eigenvalue weighted by Gasteiger charge is -2.19. The van der Waals surface area contributed by atoms with Crippen LogP contribution in [-0.4, -0.2) is 33.3 Å². The predicted octanol–water partition coefficient (Wildman–Crippen LogP) is 4.28. The lowest BCUT2D eigenvalue weighted by Crippen LogP contribution is -2.21. The van der Waals surface area contributed by atoms with Crippen molar-refractivity contribution >= 4 is 5.82 Å². The molecular weight excluding hydrogens is 314 g/mol. The molecule has 0 radical (unpaired) electrons. The average molecular weight is 343 g/mol. The summed E-state index contributed by atoms with van der Waals surface area (Å²) in [5.41, 5.74) is 1.19. The average Bonchev–Trinajstić information content (AvgIpc) is 2.54. The summed E-state index contributed by atoms with van der Waals surface area (Å²) in [6.07, 6.45) is 6.21. The number of nitrogens with zero attached hydrogens (tertiary/aromatic N) is 2. The van der Waals surface area contributed by atoms with Crippen LogP contribution in [0.15, 0.2) is 36.7 Å². The lowest BCUT2D eigenvalue weighted by molar-refractivity contribution is 0.0680. The van der Waals surface area contributed by atoms with E-state index in [4.69, 9.17) is 4.74 Å². The van der Waals surface area contributed by atoms with Gasteiger partial charge in [-0.15, -0.1) is 0 Å². The van der Waals surface area contributed by atoms with Gasteiger partial charge in [0.1, 0.15) is 11.6 Å². The zero-order chi connectivity index (χ0) is 18.3. The van der Waals surface area contributed by atoms with E-state index < -0.39 is 5.60 Å². The Morgan fingerprint density at radius 2 is 2.08 bits per heavy atom. The summed E-state index contributed by atoms with van der Waals surface area (Å²) in [6.45, 7) is 8.41. The zero-order valence-corrected chi connectivity index (χ0v) is 15.6. The molecule has 1 heterocycles. The highest BCUT2D eigenvalue weighted by atomic mass is 16.5. The van der Waals surface area contributed by atoms with Gasteiger partial charge in [0, 0.05) is 11.6 Å². The molecule has 1 unspecified atom stereocenters. The maximum absolute atomic E-state index is 9.79. The zero-order valence-electron chi connectivity index (χ0n) is 15.6. The Hall–Kier alpha value is -2.14. The van der Waals surface area contributed by atoms with Crippen molar-refractivity contribution in [3.63, 3.8) is 0 Å². The van der Waals surface area contributed by atoms with E-state index in [0.717, 1.165) is 42.1 Å². The van der Waals surface area contributed by atoms with Crippen LogP contribution in [0.2, 0.25) is 0 Å². The SMILES string of the molecule is CCOc1cccc(-c2cncc(NC(C)CCCC(C)(C)O)n2)c1. The molecule has 1 aromatic carbocycles. The van der Waals surface area contributed by atoms with Crippen LogP contribution in [0.4, 0.5) is 5.82 Å². The summed E-state index contributed by atoms with van der Waals surface area (Å²) in [5, 5.41) is 13.2. The van der Waals surface area contributed by atoms with Gasteiger partial charge in [-0.05, 0) is 59.1 Å². The normalized spacial score (nSPS) is 12.7. The Bertz CT molecular complexity index is 668. The van der Waals surface area contributed by atoms with E-state index in [1.54, 1.807) is 12.4 Å². The first-order valence-corrected chi connectivity index (χ1v) is 8.91. The predicted molar refractivity (Wildman–Crippen MR) is 102 cm³/mol. The lowest BCUT2D eigenvalue weighted by atomic mass is 10.00. The molecule has 5 nitrogen and oxygen atoms in total. The number of aromatic nitrogens is 2. The van der Waals surface area contributed by atoms with Crippen LogP contribution in [0.1, 0.15) is 47.0 Å². The molecule has 1 aromatic heterocycles. The van der Waals surface area contributed by atoms with Gasteiger partial charge in [-0.2, -0.15) is 0 Å². The number of aliphatic hydroxyl groups is 1. The van der Waals surface area contributed by atoms with Crippen LogP contribution in [0, 0.1) is 0 Å². The Balaban J connectivity index is 2.00. The minimum Gasteiger partial charge on any atom is -0.494 e. The molecule has 0 saturated carbocycles. The maximum atomic E-state index is 9.79. The standard InChI is InChI=1S/C20H29N3O2/c1-5-25-17-10-6-9-16(12-17)18-13-21-14-19(23-18)22-15(2)8-7-11-20(3,4)24/h6,9-10,12-15,24H,5,7-8,11H2,1-4H3,(H,22,23). The van der Waals surface area contributed by atoms with Crippen LogP contribution in [0.3, 0.4) is 0 Å². The summed E-state index contributed by atoms with van der Waals surface area (Å²) in [7, 11) is 0. The van der Waals surface area contributed by atoms with Crippen LogP contribution in [0.25, 0.3) is 11.3 Å². The van der Waals surface area contributed by atoms with Gasteiger partial charge in [-0.1, -0.05) is 12.1 Å². The molecule has 0 bridgehead atoms. The molecule has 0 aliphatic rings. The molecule has 2 aromatic rings. The second kappa shape index (κ2) is 8.81. The topological polar surface area (TPSA) is 67.3 Å². The van der Waals surface area contributed by atoms with E-state index in [-0.39, 0.29) is 6.04 Å². The molecule has 0 aliphatic carbocycles. The van der Waals surface area contributed by atoms with E-state index in [1.807, 2.05) is 45.0 Å². The first-order valence-electron chi connectivity index (χ1n) is 8.91. The Morgan fingerprint density at radius 3 is 2.80 bits per heavy atom. The molecule has 0 fully saturated rings. The largest absolute Gasteiger partial charge is 0.494 e. The highest BCUT2D eigenvalue weighted by molar-refractivity contribution is 5.61. The minimum absolute atomic E-state index is 0.265. The van der Waals surface area contributed by atoms with E-state index in [2.05, 4.69) is 22.2 Å². The van der Waals surface area contributed by atoms with E-state index in [0.29, 0.717) is 6.61 Å². The second-order valence-corrected chi connectivity index (χ2v) is 7.00. The monoisotopic (exact) mass is 343 g/mol. The van der Waals surface area contributed by atoms with Crippen LogP contribution in [0.5, 0.6) is 5.75 Å². The molecule has 136 valence electrons. The van der Waals surface area contributed by atoms with Crippen molar-refractivity contribution in [2.45, 2.75) is 58.6 Å². The van der Waals surface area contributed by atoms with Crippen molar-refractivity contribution in [2.75, 3.05) is 11.9 Å². The fraction of sp³-hybridized carbons (Fsp3) is 0.500. The Morgan fingerprint density at radius 1 is 1.28 bits per heavy atom. The van der Waals surface area contributed by atoms with Crippen molar-refractivity contribution in [3.8, 4) is 17.0 Å². The van der Waals surface area contributed by atoms with Gasteiger partial charge in [-0.3, -0.25) is 4.98 Å². The molecule has 0 spiro atoms. The first kappa shape index (κ1) is 19.2. The van der Waals surface area contributed by atoms with Gasteiger partial charge in [0.05, 0.1) is 30.3 Å². The first-order chi connectivity index (χ1) is 11.9. The molecular formula is C20H29N3O2. The molecule has 2 N–H and O–H groups in total. The second-order valence-electron chi connectivity index (χ2n) is 7.00. The molecule has 25 heavy (non-hydrogen) atoms. The van der Waals surface area contributed by atoms with Gasteiger partial charge < -0.3 is 15.2 Å². The van der Waals surface area contributed by atoms with Crippen molar-refractivity contribution in [3.05, 3.63) is 36.7 Å². The van der Waals surface area contributed by atoms with Crippen LogP contribution >= 0.6 is 0 Å². The molecule has 5 heteroatoms. The van der Waals surface area contributed by atoms with Gasteiger partial charge in [0.25, 0.3) is 0 Å². The van der Waals surface area contributed by atoms with Gasteiger partial charge in [-0.25, -0.2) is 4.98 Å². The van der Waals surface area contributed by atoms with E-state index >= 15 is 0 Å². The maximum Gasteiger partial charge on any atom is 0.145 e. The van der Waals surface area contributed by atoms with Crippen LogP contribution < -0.4 is 10.1 Å². The molecule has 0 saturated heterocycles. The van der Waals surface area contributed by atoms with Crippen molar-refractivity contribution in [1.29, 1.82) is 0 Å². The van der Waals surface area contributed by atoms with Crippen LogP contribution in [-0.2, 0) is 0 Å². The molecule has 0 aliphatic heterocycles. The quantitative estimate of drug-likeness (QED) is 0.711. The number of benzene rings is 1. The highest BCUT2D eigenvalue weighted by Crippen LogP contribution is 2.23. The van der Waals surface area contributed by atoms with Gasteiger partial charge in [0.2, 0.25) is 0 Å². The fourth-order valence-electron chi connectivity index (χ4n) is 2.65. The third-order valence-electron chi connectivity index (χ3n) is 3.90. The fourth-order valence-corrected chi connectivity index (χ4v) is 2.65. The van der Waals surface area contributed by atoms with E-state index in [1.165, 1.54) is 0 Å². The van der Waals surface area contributed by atoms with Gasteiger partial charge in [0.15, 0.2) is 0 Å². The number of nitrogens with one attached hydrogen (secondary N) is 1. The number of ether oxygens (including phenoxy) is 1. The molecule has 1 atom stereocenters. The third-order valence-corrected chi connectivity index (χ3v) is 3.90. The third kappa shape index (κ3) is 6.70. The smallest absolute Gasteiger partial charge is 0.145 e. The van der Waals surface area contributed by atoms with Crippen molar-refractivity contribution < 1.29 is 9.84 Å². The Labute approximate surface area is 150 Å². The molecule has 2 rings (SSSR count). The summed E-state index contributed by atoms with van der Waals surface area (Å²) < 4.78 is 5.55. The summed E-state index contributed by atoms with van der Waals surface area (Å²) >= 11 is 0. The summed E-state index contributed by atoms with van der Waals surface area (Å²) in [6, 6.07) is 8.14. The number of rotatable bonds is 9. The van der Waals surface area contributed by atoms with Crippen molar-refractivity contribution in [2.24, 2.45) is 0 Å².